The van der Waals surface area contributed by atoms with E-state index in [-0.39, 0.29) is 0 Å². The summed E-state index contributed by atoms with van der Waals surface area (Å²) >= 11 is 0. The third kappa shape index (κ3) is 1.93. The van der Waals surface area contributed by atoms with Crippen LogP contribution in [0.15, 0.2) is 0 Å². The Morgan fingerprint density at radius 2 is 1.40 bits per heavy atom. The van der Waals surface area contributed by atoms with Gasteiger partial charge in [-0.05, 0) is 18.8 Å². The third-order valence-corrected chi connectivity index (χ3v) is 4.35. The maximum absolute atomic E-state index is 5.25. The van der Waals surface area contributed by atoms with Gasteiger partial charge in [0.25, 0.3) is 0 Å². The largest absolute Gasteiger partial charge is 0.378 e. The van der Waals surface area contributed by atoms with E-state index in [1.807, 2.05) is 0 Å². The van der Waals surface area contributed by atoms with Crippen LogP contribution >= 0.6 is 0 Å². The normalized spacial score (nSPS) is 39.8. The molecular weight excluding hydrogens is 188 g/mol. The van der Waals surface area contributed by atoms with Gasteiger partial charge < -0.3 is 4.74 Å². The van der Waals surface area contributed by atoms with Crippen LogP contribution in [0.25, 0.3) is 0 Å². The Labute approximate surface area is 92.4 Å². The van der Waals surface area contributed by atoms with Gasteiger partial charge in [0, 0.05) is 32.2 Å². The Balaban J connectivity index is 1.44. The fraction of sp³-hybridized carbons (Fsp3) is 1.00. The van der Waals surface area contributed by atoms with Gasteiger partial charge in [0.05, 0.1) is 19.3 Å². The fourth-order valence-corrected chi connectivity index (χ4v) is 3.06. The molecule has 86 valence electrons. The number of hydrogen-bond acceptors (Lipinski definition) is 3. The average Bonchev–Trinajstić information content (AvgIpc) is 2.12. The molecule has 2 aliphatic heterocycles. The van der Waals surface area contributed by atoms with Gasteiger partial charge in [-0.3, -0.25) is 9.80 Å². The second-order valence-electron chi connectivity index (χ2n) is 5.49. The van der Waals surface area contributed by atoms with E-state index in [1.54, 1.807) is 0 Å². The molecule has 0 aromatic carbocycles. The molecule has 0 N–H and O–H groups in total. The van der Waals surface area contributed by atoms with Gasteiger partial charge in [-0.1, -0.05) is 6.92 Å². The van der Waals surface area contributed by atoms with Crippen molar-refractivity contribution in [2.24, 2.45) is 5.92 Å². The average molecular weight is 210 g/mol. The minimum absolute atomic E-state index is 0.743. The number of rotatable bonds is 2. The lowest BCUT2D eigenvalue weighted by atomic mass is 9.80. The lowest BCUT2D eigenvalue weighted by Gasteiger charge is -2.48. The maximum atomic E-state index is 5.25. The molecule has 0 unspecified atom stereocenters. The van der Waals surface area contributed by atoms with Gasteiger partial charge in [0.15, 0.2) is 0 Å². The Hall–Kier alpha value is -0.120. The minimum atomic E-state index is 0.743. The summed E-state index contributed by atoms with van der Waals surface area (Å²) in [5, 5.41) is 0. The zero-order valence-electron chi connectivity index (χ0n) is 9.69. The van der Waals surface area contributed by atoms with Crippen molar-refractivity contribution < 1.29 is 4.74 Å². The molecule has 2 heterocycles. The fourth-order valence-electron chi connectivity index (χ4n) is 3.06. The molecule has 1 aliphatic carbocycles. The van der Waals surface area contributed by atoms with Gasteiger partial charge in [-0.2, -0.15) is 0 Å². The van der Waals surface area contributed by atoms with E-state index < -0.39 is 0 Å². The number of nitrogens with zero attached hydrogens (tertiary/aromatic N) is 2. The molecule has 15 heavy (non-hydrogen) atoms. The summed E-state index contributed by atoms with van der Waals surface area (Å²) in [6.45, 7) is 9.42. The van der Waals surface area contributed by atoms with Crippen LogP contribution in [0, 0.1) is 5.92 Å². The standard InChI is InChI=1S/C12H22N2O/c1-10-6-11(7-10)13-2-4-14(5-3-13)12-8-15-9-12/h10-12H,2-9H2,1H3. The van der Waals surface area contributed by atoms with Crippen LogP contribution in [0.5, 0.6) is 0 Å². The Kier molecular flexibility index (Phi) is 2.71. The number of ether oxygens (including phenoxy) is 1. The maximum Gasteiger partial charge on any atom is 0.0645 e. The smallest absolute Gasteiger partial charge is 0.0645 e. The van der Waals surface area contributed by atoms with E-state index >= 15 is 0 Å². The first-order chi connectivity index (χ1) is 7.33. The molecule has 3 fully saturated rings. The quantitative estimate of drug-likeness (QED) is 0.670. The summed E-state index contributed by atoms with van der Waals surface area (Å²) in [6, 6.07) is 1.66. The molecule has 0 aromatic heterocycles. The Morgan fingerprint density at radius 3 is 1.80 bits per heavy atom. The summed E-state index contributed by atoms with van der Waals surface area (Å²) in [5.41, 5.74) is 0. The van der Waals surface area contributed by atoms with Crippen molar-refractivity contribution in [3.05, 3.63) is 0 Å². The SMILES string of the molecule is CC1CC(N2CCN(C3COC3)CC2)C1. The summed E-state index contributed by atoms with van der Waals surface area (Å²) in [4.78, 5) is 5.32. The van der Waals surface area contributed by atoms with Crippen molar-refractivity contribution in [1.82, 2.24) is 9.80 Å². The second kappa shape index (κ2) is 4.04. The molecule has 1 saturated carbocycles. The van der Waals surface area contributed by atoms with E-state index in [0.29, 0.717) is 0 Å². The van der Waals surface area contributed by atoms with E-state index in [4.69, 9.17) is 4.74 Å². The van der Waals surface area contributed by atoms with Crippen LogP contribution in [-0.2, 0) is 4.74 Å². The van der Waals surface area contributed by atoms with Crippen LogP contribution in [0.2, 0.25) is 0 Å². The molecular formula is C12H22N2O. The Bertz CT molecular complexity index is 216. The molecule has 0 bridgehead atoms. The first-order valence-electron chi connectivity index (χ1n) is 6.39. The molecule has 0 atom stereocenters. The van der Waals surface area contributed by atoms with Crippen molar-refractivity contribution in [3.8, 4) is 0 Å². The van der Waals surface area contributed by atoms with Crippen molar-refractivity contribution >= 4 is 0 Å². The first-order valence-corrected chi connectivity index (χ1v) is 6.39. The van der Waals surface area contributed by atoms with Crippen LogP contribution in [0.3, 0.4) is 0 Å². The van der Waals surface area contributed by atoms with E-state index in [2.05, 4.69) is 16.7 Å². The first kappa shape index (κ1) is 10.1. The lowest BCUT2D eigenvalue weighted by Crippen LogP contribution is -2.59. The topological polar surface area (TPSA) is 15.7 Å². The van der Waals surface area contributed by atoms with Crippen molar-refractivity contribution in [1.29, 1.82) is 0 Å². The van der Waals surface area contributed by atoms with Crippen LogP contribution < -0.4 is 0 Å². The highest BCUT2D eigenvalue weighted by Crippen LogP contribution is 2.31. The summed E-state index contributed by atoms with van der Waals surface area (Å²) in [6.07, 6.45) is 2.87. The third-order valence-electron chi connectivity index (χ3n) is 4.35. The number of hydrogen-bond donors (Lipinski definition) is 0. The van der Waals surface area contributed by atoms with E-state index in [1.165, 1.54) is 39.0 Å². The van der Waals surface area contributed by atoms with Crippen LogP contribution in [0.1, 0.15) is 19.8 Å². The predicted molar refractivity (Wildman–Crippen MR) is 59.9 cm³/mol. The monoisotopic (exact) mass is 210 g/mol. The van der Waals surface area contributed by atoms with E-state index in [0.717, 1.165) is 31.2 Å². The zero-order valence-corrected chi connectivity index (χ0v) is 9.69. The highest BCUT2D eigenvalue weighted by Gasteiger charge is 2.34. The molecule has 3 rings (SSSR count). The lowest BCUT2D eigenvalue weighted by molar-refractivity contribution is -0.0839. The second-order valence-corrected chi connectivity index (χ2v) is 5.49. The molecule has 3 heteroatoms. The van der Waals surface area contributed by atoms with Gasteiger partial charge >= 0.3 is 0 Å². The minimum Gasteiger partial charge on any atom is -0.378 e. The number of piperazine rings is 1. The molecule has 2 saturated heterocycles. The van der Waals surface area contributed by atoms with Crippen LogP contribution in [0.4, 0.5) is 0 Å². The molecule has 0 aromatic rings. The molecule has 0 amide bonds. The van der Waals surface area contributed by atoms with Gasteiger partial charge in [-0.25, -0.2) is 0 Å². The van der Waals surface area contributed by atoms with Crippen molar-refractivity contribution in [2.75, 3.05) is 39.4 Å². The summed E-state index contributed by atoms with van der Waals surface area (Å²) in [7, 11) is 0. The molecule has 3 nitrogen and oxygen atoms in total. The molecule has 0 radical (unpaired) electrons. The summed E-state index contributed by atoms with van der Waals surface area (Å²) in [5.74, 6) is 0.980. The van der Waals surface area contributed by atoms with Gasteiger partial charge in [-0.15, -0.1) is 0 Å². The van der Waals surface area contributed by atoms with Gasteiger partial charge in [0.2, 0.25) is 0 Å². The molecule has 0 spiro atoms. The van der Waals surface area contributed by atoms with Crippen LogP contribution in [-0.4, -0.2) is 61.3 Å². The highest BCUT2D eigenvalue weighted by molar-refractivity contribution is 4.89. The van der Waals surface area contributed by atoms with Crippen molar-refractivity contribution in [2.45, 2.75) is 31.8 Å². The van der Waals surface area contributed by atoms with Crippen molar-refractivity contribution in [3.63, 3.8) is 0 Å². The Morgan fingerprint density at radius 1 is 0.867 bits per heavy atom. The van der Waals surface area contributed by atoms with E-state index in [9.17, 15) is 0 Å². The zero-order chi connectivity index (χ0) is 10.3. The predicted octanol–water partition coefficient (Wildman–Crippen LogP) is 0.801. The van der Waals surface area contributed by atoms with Gasteiger partial charge in [0.1, 0.15) is 0 Å². The summed E-state index contributed by atoms with van der Waals surface area (Å²) < 4.78 is 5.25. The highest BCUT2D eigenvalue weighted by atomic mass is 16.5. The molecule has 3 aliphatic rings.